The van der Waals surface area contributed by atoms with Crippen molar-refractivity contribution in [3.05, 3.63) is 64.0 Å². The monoisotopic (exact) mass is 456 g/mol. The van der Waals surface area contributed by atoms with Crippen molar-refractivity contribution in [3.8, 4) is 17.0 Å². The van der Waals surface area contributed by atoms with Crippen LogP contribution in [0.3, 0.4) is 0 Å². The zero-order valence-corrected chi connectivity index (χ0v) is 17.7. The molecule has 1 aromatic carbocycles. The normalized spacial score (nSPS) is 10.8. The van der Waals surface area contributed by atoms with Gasteiger partial charge in [0.2, 0.25) is 5.95 Å². The summed E-state index contributed by atoms with van der Waals surface area (Å²) in [7, 11) is 1.66. The summed E-state index contributed by atoms with van der Waals surface area (Å²) in [5.41, 5.74) is 3.81. The molecule has 0 amide bonds. The molecule has 7 nitrogen and oxygen atoms in total. The van der Waals surface area contributed by atoms with E-state index in [4.69, 9.17) is 4.74 Å². The molecule has 0 radical (unpaired) electrons. The van der Waals surface area contributed by atoms with Crippen LogP contribution in [0.4, 0.5) is 11.1 Å². The maximum atomic E-state index is 5.20. The van der Waals surface area contributed by atoms with Crippen LogP contribution in [0.5, 0.6) is 5.75 Å². The predicted octanol–water partition coefficient (Wildman–Crippen LogP) is 4.67. The maximum absolute atomic E-state index is 5.20. The van der Waals surface area contributed by atoms with E-state index in [1.807, 2.05) is 53.5 Å². The van der Waals surface area contributed by atoms with Gasteiger partial charge in [-0.2, -0.15) is 5.10 Å². The van der Waals surface area contributed by atoms with Crippen molar-refractivity contribution in [3.63, 3.8) is 0 Å². The molecule has 4 rings (SSSR count). The van der Waals surface area contributed by atoms with E-state index in [9.17, 15) is 0 Å². The summed E-state index contributed by atoms with van der Waals surface area (Å²) in [5.74, 6) is 1.38. The van der Waals surface area contributed by atoms with E-state index >= 15 is 0 Å². The SMILES string of the molecule is COc1ccc(Cn2cc(-c3csc(Nc4nccc(C)n4)n3)c(Br)n2)cc1. The predicted molar refractivity (Wildman–Crippen MR) is 113 cm³/mol. The molecule has 1 N–H and O–H groups in total. The zero-order valence-electron chi connectivity index (χ0n) is 15.3. The van der Waals surface area contributed by atoms with Crippen LogP contribution in [0.25, 0.3) is 11.3 Å². The number of hydrogen-bond donors (Lipinski definition) is 1. The Balaban J connectivity index is 1.51. The summed E-state index contributed by atoms with van der Waals surface area (Å²) >= 11 is 5.04. The van der Waals surface area contributed by atoms with Crippen LogP contribution < -0.4 is 10.1 Å². The molecule has 3 aromatic heterocycles. The summed E-state index contributed by atoms with van der Waals surface area (Å²) in [6.45, 7) is 2.59. The van der Waals surface area contributed by atoms with Gasteiger partial charge in [-0.15, -0.1) is 11.3 Å². The highest BCUT2D eigenvalue weighted by Crippen LogP contribution is 2.31. The molecule has 4 aromatic rings. The largest absolute Gasteiger partial charge is 0.497 e. The Bertz CT molecular complexity index is 1090. The molecule has 28 heavy (non-hydrogen) atoms. The summed E-state index contributed by atoms with van der Waals surface area (Å²) in [6, 6.07) is 9.80. The van der Waals surface area contributed by atoms with Crippen LogP contribution in [-0.2, 0) is 6.54 Å². The summed E-state index contributed by atoms with van der Waals surface area (Å²) in [4.78, 5) is 13.2. The Kier molecular flexibility index (Phi) is 5.36. The Hall–Kier alpha value is -2.78. The first-order chi connectivity index (χ1) is 13.6. The first-order valence-corrected chi connectivity index (χ1v) is 10.2. The molecule has 3 heterocycles. The third-order valence-corrected chi connectivity index (χ3v) is 5.36. The lowest BCUT2D eigenvalue weighted by atomic mass is 10.2. The van der Waals surface area contributed by atoms with Gasteiger partial charge in [-0.1, -0.05) is 12.1 Å². The number of rotatable bonds is 6. The van der Waals surface area contributed by atoms with Crippen molar-refractivity contribution in [1.82, 2.24) is 24.7 Å². The Labute approximate surface area is 174 Å². The van der Waals surface area contributed by atoms with Crippen molar-refractivity contribution in [2.24, 2.45) is 0 Å². The first-order valence-electron chi connectivity index (χ1n) is 8.49. The first kappa shape index (κ1) is 18.6. The molecular formula is C19H17BrN6OS. The molecule has 0 aliphatic carbocycles. The van der Waals surface area contributed by atoms with Gasteiger partial charge < -0.3 is 10.1 Å². The molecule has 0 spiro atoms. The lowest BCUT2D eigenvalue weighted by Gasteiger charge is -2.03. The van der Waals surface area contributed by atoms with Crippen LogP contribution in [-0.4, -0.2) is 31.8 Å². The second-order valence-corrected chi connectivity index (χ2v) is 7.67. The van der Waals surface area contributed by atoms with Crippen LogP contribution in [0, 0.1) is 6.92 Å². The number of ether oxygens (including phenoxy) is 1. The van der Waals surface area contributed by atoms with Crippen LogP contribution in [0.1, 0.15) is 11.3 Å². The van der Waals surface area contributed by atoms with Gasteiger partial charge in [-0.05, 0) is 46.6 Å². The molecule has 142 valence electrons. The minimum absolute atomic E-state index is 0.537. The van der Waals surface area contributed by atoms with Gasteiger partial charge in [0.25, 0.3) is 0 Å². The number of nitrogens with zero attached hydrogens (tertiary/aromatic N) is 5. The van der Waals surface area contributed by atoms with E-state index in [0.717, 1.165) is 38.0 Å². The minimum Gasteiger partial charge on any atom is -0.497 e. The molecule has 0 atom stereocenters. The van der Waals surface area contributed by atoms with Gasteiger partial charge in [-0.25, -0.2) is 15.0 Å². The topological polar surface area (TPSA) is 77.8 Å². The zero-order chi connectivity index (χ0) is 19.5. The van der Waals surface area contributed by atoms with E-state index in [-0.39, 0.29) is 0 Å². The molecule has 0 saturated heterocycles. The molecule has 0 bridgehead atoms. The van der Waals surface area contributed by atoms with Crippen molar-refractivity contribution in [2.45, 2.75) is 13.5 Å². The van der Waals surface area contributed by atoms with Gasteiger partial charge >= 0.3 is 0 Å². The lowest BCUT2D eigenvalue weighted by molar-refractivity contribution is 0.414. The molecule has 9 heteroatoms. The smallest absolute Gasteiger partial charge is 0.229 e. The standard InChI is InChI=1S/C19H17BrN6OS/c1-12-7-8-21-18(22-12)24-19-23-16(11-28-19)15-10-26(25-17(15)20)9-13-3-5-14(27-2)6-4-13/h3-8,10-11H,9H2,1-2H3,(H,21,22,23,24). The van der Waals surface area contributed by atoms with Crippen molar-refractivity contribution in [2.75, 3.05) is 12.4 Å². The number of anilines is 2. The molecule has 0 fully saturated rings. The summed E-state index contributed by atoms with van der Waals surface area (Å²) < 4.78 is 7.84. The molecule has 0 unspecified atom stereocenters. The third kappa shape index (κ3) is 4.20. The van der Waals surface area contributed by atoms with Crippen LogP contribution in [0.2, 0.25) is 0 Å². The maximum Gasteiger partial charge on any atom is 0.229 e. The minimum atomic E-state index is 0.537. The number of halogens is 1. The Morgan fingerprint density at radius 1 is 1.18 bits per heavy atom. The lowest BCUT2D eigenvalue weighted by Crippen LogP contribution is -1.99. The Morgan fingerprint density at radius 3 is 2.75 bits per heavy atom. The van der Waals surface area contributed by atoms with Gasteiger partial charge in [0.05, 0.1) is 24.9 Å². The number of aromatic nitrogens is 5. The number of hydrogen-bond acceptors (Lipinski definition) is 7. The van der Waals surface area contributed by atoms with Gasteiger partial charge in [-0.3, -0.25) is 4.68 Å². The van der Waals surface area contributed by atoms with Crippen LogP contribution in [0.15, 0.2) is 52.7 Å². The highest BCUT2D eigenvalue weighted by Gasteiger charge is 2.13. The number of benzene rings is 1. The van der Waals surface area contributed by atoms with Crippen molar-refractivity contribution in [1.29, 1.82) is 0 Å². The summed E-state index contributed by atoms with van der Waals surface area (Å²) in [5, 5.41) is 10.4. The van der Waals surface area contributed by atoms with E-state index in [2.05, 4.69) is 41.3 Å². The van der Waals surface area contributed by atoms with E-state index in [1.54, 1.807) is 13.3 Å². The third-order valence-electron chi connectivity index (χ3n) is 4.01. The quantitative estimate of drug-likeness (QED) is 0.454. The fourth-order valence-corrected chi connectivity index (χ4v) is 3.84. The fourth-order valence-electron chi connectivity index (χ4n) is 2.63. The van der Waals surface area contributed by atoms with Crippen LogP contribution >= 0.6 is 27.3 Å². The van der Waals surface area contributed by atoms with Gasteiger partial charge in [0.1, 0.15) is 10.4 Å². The molecule has 0 aliphatic heterocycles. The highest BCUT2D eigenvalue weighted by atomic mass is 79.9. The van der Waals surface area contributed by atoms with E-state index in [0.29, 0.717) is 12.5 Å². The van der Waals surface area contributed by atoms with E-state index in [1.165, 1.54) is 11.3 Å². The second-order valence-electron chi connectivity index (χ2n) is 6.06. The van der Waals surface area contributed by atoms with E-state index < -0.39 is 0 Å². The van der Waals surface area contributed by atoms with Gasteiger partial charge in [0.15, 0.2) is 5.13 Å². The Morgan fingerprint density at radius 2 is 2.00 bits per heavy atom. The fraction of sp³-hybridized carbons (Fsp3) is 0.158. The highest BCUT2D eigenvalue weighted by molar-refractivity contribution is 9.10. The molecule has 0 saturated carbocycles. The number of nitrogens with one attached hydrogen (secondary N) is 1. The summed E-state index contributed by atoms with van der Waals surface area (Å²) in [6.07, 6.45) is 3.70. The van der Waals surface area contributed by atoms with Crippen molar-refractivity contribution >= 4 is 38.3 Å². The number of methoxy groups -OCH3 is 1. The average Bonchev–Trinajstić information content (AvgIpc) is 3.28. The molecule has 0 aliphatic rings. The number of aryl methyl sites for hydroxylation is 1. The van der Waals surface area contributed by atoms with Crippen molar-refractivity contribution < 1.29 is 4.74 Å². The molecular weight excluding hydrogens is 440 g/mol. The van der Waals surface area contributed by atoms with Gasteiger partial charge in [0, 0.05) is 23.5 Å². The average molecular weight is 457 g/mol. The number of thiazole rings is 1. The second kappa shape index (κ2) is 8.07.